The molecule has 4 rings (SSSR count). The Morgan fingerprint density at radius 3 is 3.00 bits per heavy atom. The smallest absolute Gasteiger partial charge is 0.139 e. The number of ether oxygens (including phenoxy) is 1. The summed E-state index contributed by atoms with van der Waals surface area (Å²) in [7, 11) is 3.95. The number of piperazine rings is 1. The number of amidine groups is 1. The number of aryl methyl sites for hydroxylation is 1. The summed E-state index contributed by atoms with van der Waals surface area (Å²) in [6.45, 7) is 5.82. The lowest BCUT2D eigenvalue weighted by Gasteiger charge is -2.40. The van der Waals surface area contributed by atoms with Gasteiger partial charge in [0.05, 0.1) is 29.6 Å². The summed E-state index contributed by atoms with van der Waals surface area (Å²) in [5.41, 5.74) is 3.28. The number of nitrogens with one attached hydrogen (secondary N) is 1. The number of methoxy groups -OCH3 is 1. The number of nitrogens with zero attached hydrogens (tertiary/aromatic N) is 3. The molecule has 132 valence electrons. The molecule has 1 aromatic heterocycles. The van der Waals surface area contributed by atoms with E-state index in [2.05, 4.69) is 53.4 Å². The molecule has 2 aliphatic rings. The molecule has 1 N–H and O–H groups in total. The molecule has 0 spiro atoms. The van der Waals surface area contributed by atoms with Crippen molar-refractivity contribution >= 4 is 33.5 Å². The second-order valence-corrected chi connectivity index (χ2v) is 7.97. The molecule has 1 saturated heterocycles. The Kier molecular flexibility index (Phi) is 4.50. The van der Waals surface area contributed by atoms with Gasteiger partial charge < -0.3 is 15.0 Å². The molecular formula is C19H24N4OS. The van der Waals surface area contributed by atoms with Crippen molar-refractivity contribution < 1.29 is 4.74 Å². The van der Waals surface area contributed by atoms with E-state index in [9.17, 15) is 0 Å². The summed E-state index contributed by atoms with van der Waals surface area (Å²) < 4.78 is 5.42. The van der Waals surface area contributed by atoms with Crippen LogP contribution in [0.25, 0.3) is 0 Å². The molecule has 0 saturated carbocycles. The van der Waals surface area contributed by atoms with E-state index in [-0.39, 0.29) is 0 Å². The third-order valence-electron chi connectivity index (χ3n) is 4.91. The quantitative estimate of drug-likeness (QED) is 0.895. The van der Waals surface area contributed by atoms with E-state index in [0.29, 0.717) is 6.04 Å². The lowest BCUT2D eigenvalue weighted by molar-refractivity contribution is 0.0640. The summed E-state index contributed by atoms with van der Waals surface area (Å²) in [6.07, 6.45) is 0. The van der Waals surface area contributed by atoms with E-state index in [4.69, 9.17) is 9.73 Å². The van der Waals surface area contributed by atoms with Crippen molar-refractivity contribution in [2.24, 2.45) is 4.99 Å². The first-order valence-electron chi connectivity index (χ1n) is 8.65. The summed E-state index contributed by atoms with van der Waals surface area (Å²) in [4.78, 5) is 11.2. The van der Waals surface area contributed by atoms with Crippen LogP contribution in [0.5, 0.6) is 0 Å². The van der Waals surface area contributed by atoms with Crippen molar-refractivity contribution in [3.63, 3.8) is 0 Å². The predicted octanol–water partition coefficient (Wildman–Crippen LogP) is 3.45. The average Bonchev–Trinajstić information content (AvgIpc) is 2.89. The predicted molar refractivity (Wildman–Crippen MR) is 105 cm³/mol. The third kappa shape index (κ3) is 3.17. The van der Waals surface area contributed by atoms with E-state index in [1.807, 2.05) is 6.07 Å². The molecule has 0 aliphatic carbocycles. The fourth-order valence-electron chi connectivity index (χ4n) is 3.50. The van der Waals surface area contributed by atoms with Crippen molar-refractivity contribution in [1.29, 1.82) is 0 Å². The molecule has 0 amide bonds. The molecular weight excluding hydrogens is 332 g/mol. The molecule has 25 heavy (non-hydrogen) atoms. The number of benzene rings is 1. The Morgan fingerprint density at radius 2 is 2.16 bits per heavy atom. The Balaban J connectivity index is 1.75. The molecule has 1 aromatic carbocycles. The van der Waals surface area contributed by atoms with Gasteiger partial charge in [0.25, 0.3) is 0 Å². The number of fused-ring (bicyclic) bond motifs is 2. The minimum Gasteiger partial charge on any atom is -0.383 e. The van der Waals surface area contributed by atoms with Gasteiger partial charge in [0.2, 0.25) is 0 Å². The molecule has 1 fully saturated rings. The molecule has 6 heteroatoms. The number of thiophene rings is 1. The zero-order valence-electron chi connectivity index (χ0n) is 15.0. The van der Waals surface area contributed by atoms with Gasteiger partial charge >= 0.3 is 0 Å². The van der Waals surface area contributed by atoms with E-state index in [0.717, 1.165) is 43.5 Å². The maximum absolute atomic E-state index is 5.42. The van der Waals surface area contributed by atoms with Crippen molar-refractivity contribution in [2.45, 2.75) is 13.0 Å². The molecule has 0 bridgehead atoms. The van der Waals surface area contributed by atoms with E-state index in [1.165, 1.54) is 15.4 Å². The number of hydrogen-bond donors (Lipinski definition) is 1. The summed E-state index contributed by atoms with van der Waals surface area (Å²) in [6, 6.07) is 10.9. The van der Waals surface area contributed by atoms with Crippen LogP contribution < -0.4 is 5.32 Å². The van der Waals surface area contributed by atoms with Gasteiger partial charge in [-0.3, -0.25) is 4.90 Å². The van der Waals surface area contributed by atoms with Gasteiger partial charge in [0.15, 0.2) is 0 Å². The fourth-order valence-corrected chi connectivity index (χ4v) is 4.42. The summed E-state index contributed by atoms with van der Waals surface area (Å²) in [5.74, 6) is 1.08. The zero-order chi connectivity index (χ0) is 17.4. The Bertz CT molecular complexity index is 800. The Labute approximate surface area is 152 Å². The molecule has 0 radical (unpaired) electrons. The number of hydrogen-bond acceptors (Lipinski definition) is 6. The van der Waals surface area contributed by atoms with E-state index < -0.39 is 0 Å². The first-order valence-corrected chi connectivity index (χ1v) is 9.47. The van der Waals surface area contributed by atoms with Crippen molar-refractivity contribution in [2.75, 3.05) is 45.7 Å². The van der Waals surface area contributed by atoms with Crippen LogP contribution in [0.3, 0.4) is 0 Å². The van der Waals surface area contributed by atoms with Crippen LogP contribution in [0.15, 0.2) is 35.3 Å². The minimum atomic E-state index is 0.385. The van der Waals surface area contributed by atoms with Crippen LogP contribution in [0, 0.1) is 6.92 Å². The molecule has 2 aliphatic heterocycles. The van der Waals surface area contributed by atoms with Gasteiger partial charge in [0.1, 0.15) is 10.8 Å². The average molecular weight is 356 g/mol. The van der Waals surface area contributed by atoms with Gasteiger partial charge in [-0.05, 0) is 32.2 Å². The highest BCUT2D eigenvalue weighted by atomic mass is 32.1. The highest BCUT2D eigenvalue weighted by molar-refractivity contribution is 7.16. The third-order valence-corrected chi connectivity index (χ3v) is 5.88. The number of anilines is 2. The summed E-state index contributed by atoms with van der Waals surface area (Å²) in [5, 5.41) is 4.76. The monoisotopic (exact) mass is 356 g/mol. The second-order valence-electron chi connectivity index (χ2n) is 6.71. The van der Waals surface area contributed by atoms with Crippen LogP contribution in [0.2, 0.25) is 0 Å². The SMILES string of the molecule is COC[C@H]1CN(C2=Nc3ccccc3Nc3sc(C)cc32)CCN1C. The Hall–Kier alpha value is -1.89. The number of aliphatic imine (C=N–C) groups is 1. The van der Waals surface area contributed by atoms with E-state index >= 15 is 0 Å². The van der Waals surface area contributed by atoms with Crippen molar-refractivity contribution in [3.8, 4) is 0 Å². The van der Waals surface area contributed by atoms with Crippen LogP contribution in [0.4, 0.5) is 16.4 Å². The number of para-hydroxylation sites is 2. The van der Waals surface area contributed by atoms with E-state index in [1.54, 1.807) is 18.4 Å². The first kappa shape index (κ1) is 16.6. The first-order chi connectivity index (χ1) is 12.2. The van der Waals surface area contributed by atoms with Gasteiger partial charge in [-0.1, -0.05) is 12.1 Å². The van der Waals surface area contributed by atoms with Crippen LogP contribution >= 0.6 is 11.3 Å². The largest absolute Gasteiger partial charge is 0.383 e. The highest BCUT2D eigenvalue weighted by Gasteiger charge is 2.29. The Morgan fingerprint density at radius 1 is 1.32 bits per heavy atom. The van der Waals surface area contributed by atoms with Gasteiger partial charge in [-0.2, -0.15) is 0 Å². The van der Waals surface area contributed by atoms with Crippen molar-refractivity contribution in [1.82, 2.24) is 9.80 Å². The minimum absolute atomic E-state index is 0.385. The van der Waals surface area contributed by atoms with Crippen LogP contribution in [-0.2, 0) is 4.74 Å². The fraction of sp³-hybridized carbons (Fsp3) is 0.421. The van der Waals surface area contributed by atoms with Gasteiger partial charge in [-0.15, -0.1) is 11.3 Å². The van der Waals surface area contributed by atoms with Crippen LogP contribution in [0.1, 0.15) is 10.4 Å². The van der Waals surface area contributed by atoms with Gasteiger partial charge in [-0.25, -0.2) is 4.99 Å². The number of rotatable bonds is 2. The second kappa shape index (κ2) is 6.78. The molecule has 3 heterocycles. The molecule has 5 nitrogen and oxygen atoms in total. The molecule has 0 unspecified atom stereocenters. The maximum atomic E-state index is 5.42. The van der Waals surface area contributed by atoms with Crippen molar-refractivity contribution in [3.05, 3.63) is 40.8 Å². The standard InChI is InChI=1S/C19H24N4OS/c1-13-10-15-18(23-9-8-22(2)14(11-23)12-24-3)20-16-6-4-5-7-17(16)21-19(15)25-13/h4-7,10,14,21H,8-9,11-12H2,1-3H3/t14-/m1/s1. The van der Waals surface area contributed by atoms with Gasteiger partial charge in [0, 0.05) is 31.6 Å². The molecule has 1 atom stereocenters. The lowest BCUT2D eigenvalue weighted by Crippen LogP contribution is -2.54. The zero-order valence-corrected chi connectivity index (χ0v) is 15.8. The summed E-state index contributed by atoms with van der Waals surface area (Å²) >= 11 is 1.79. The number of likely N-dealkylation sites (N-methyl/N-ethyl adjacent to an activating group) is 1. The topological polar surface area (TPSA) is 40.1 Å². The lowest BCUT2D eigenvalue weighted by atomic mass is 10.1. The highest BCUT2D eigenvalue weighted by Crippen LogP contribution is 2.39. The van der Waals surface area contributed by atoms with Crippen LogP contribution in [-0.4, -0.2) is 62.1 Å². The maximum Gasteiger partial charge on any atom is 0.139 e. The molecule has 2 aromatic rings. The normalized spacial score (nSPS) is 20.4.